The van der Waals surface area contributed by atoms with Crippen molar-refractivity contribution in [1.82, 2.24) is 9.97 Å². The summed E-state index contributed by atoms with van der Waals surface area (Å²) in [4.78, 5) is 19.9. The third kappa shape index (κ3) is 3.71. The number of rotatable bonds is 5. The van der Waals surface area contributed by atoms with Gasteiger partial charge < -0.3 is 14.8 Å². The van der Waals surface area contributed by atoms with Crippen molar-refractivity contribution in [3.8, 4) is 0 Å². The number of anilines is 1. The van der Waals surface area contributed by atoms with E-state index in [1.54, 1.807) is 0 Å². The van der Waals surface area contributed by atoms with Crippen molar-refractivity contribution in [2.75, 3.05) is 25.6 Å². The number of ether oxygens (including phenoxy) is 2. The highest BCUT2D eigenvalue weighted by Crippen LogP contribution is 2.33. The van der Waals surface area contributed by atoms with Gasteiger partial charge in [-0.3, -0.25) is 0 Å². The van der Waals surface area contributed by atoms with E-state index >= 15 is 0 Å². The molecule has 6 heteroatoms. The summed E-state index contributed by atoms with van der Waals surface area (Å²) in [5.74, 6) is 0.355. The van der Waals surface area contributed by atoms with Crippen LogP contribution in [-0.4, -0.2) is 36.2 Å². The molecule has 0 bridgehead atoms. The van der Waals surface area contributed by atoms with Gasteiger partial charge in [-0.2, -0.15) is 0 Å². The van der Waals surface area contributed by atoms with Crippen molar-refractivity contribution < 1.29 is 14.3 Å². The van der Waals surface area contributed by atoms with E-state index in [9.17, 15) is 4.79 Å². The molecule has 24 heavy (non-hydrogen) atoms. The molecule has 1 aliphatic rings. The molecule has 1 N–H and O–H groups in total. The summed E-state index contributed by atoms with van der Waals surface area (Å²) in [6.07, 6.45) is 5.03. The van der Waals surface area contributed by atoms with Gasteiger partial charge in [-0.25, -0.2) is 14.8 Å². The maximum absolute atomic E-state index is 11.8. The number of carbonyl (C=O) groups excluding carboxylic acids is 1. The Labute approximate surface area is 141 Å². The lowest BCUT2D eigenvalue weighted by Gasteiger charge is -2.32. The number of benzene rings is 1. The van der Waals surface area contributed by atoms with Crippen LogP contribution in [0.5, 0.6) is 0 Å². The van der Waals surface area contributed by atoms with Gasteiger partial charge in [0.2, 0.25) is 0 Å². The number of esters is 1. The lowest BCUT2D eigenvalue weighted by Crippen LogP contribution is -2.29. The first-order valence-electron chi connectivity index (χ1n) is 8.08. The highest BCUT2D eigenvalue weighted by Gasteiger charge is 2.27. The van der Waals surface area contributed by atoms with Gasteiger partial charge in [0, 0.05) is 25.3 Å². The number of aromatic nitrogens is 2. The Morgan fingerprint density at radius 3 is 3.00 bits per heavy atom. The van der Waals surface area contributed by atoms with Crippen LogP contribution in [0, 0.1) is 5.92 Å². The highest BCUT2D eigenvalue weighted by atomic mass is 16.5. The van der Waals surface area contributed by atoms with Gasteiger partial charge in [-0.15, -0.1) is 0 Å². The lowest BCUT2D eigenvalue weighted by atomic mass is 9.89. The smallest absolute Gasteiger partial charge is 0.343 e. The highest BCUT2D eigenvalue weighted by molar-refractivity contribution is 5.94. The molecule has 2 heterocycles. The van der Waals surface area contributed by atoms with E-state index in [1.165, 1.54) is 25.2 Å². The minimum atomic E-state index is -0.447. The summed E-state index contributed by atoms with van der Waals surface area (Å²) >= 11 is 0. The summed E-state index contributed by atoms with van der Waals surface area (Å²) in [6.45, 7) is 1.44. The van der Waals surface area contributed by atoms with Crippen LogP contribution in [-0.2, 0) is 9.47 Å². The SMILES string of the molecule is COC(=O)c1cncnc1NCC1CCCOC1c1ccccc1. The summed E-state index contributed by atoms with van der Waals surface area (Å²) in [6, 6.07) is 10.2. The van der Waals surface area contributed by atoms with Crippen LogP contribution in [0.25, 0.3) is 0 Å². The number of hydrogen-bond acceptors (Lipinski definition) is 6. The first-order chi connectivity index (χ1) is 11.8. The van der Waals surface area contributed by atoms with Crippen LogP contribution in [0.3, 0.4) is 0 Å². The van der Waals surface area contributed by atoms with Crippen LogP contribution in [0.1, 0.15) is 34.9 Å². The quantitative estimate of drug-likeness (QED) is 0.851. The van der Waals surface area contributed by atoms with Crippen LogP contribution in [0.15, 0.2) is 42.9 Å². The minimum absolute atomic E-state index is 0.0517. The fourth-order valence-electron chi connectivity index (χ4n) is 3.02. The molecule has 2 aromatic rings. The Morgan fingerprint density at radius 1 is 1.38 bits per heavy atom. The zero-order chi connectivity index (χ0) is 16.8. The number of methoxy groups -OCH3 is 1. The van der Waals surface area contributed by atoms with Crippen molar-refractivity contribution in [3.63, 3.8) is 0 Å². The fourth-order valence-corrected chi connectivity index (χ4v) is 3.02. The average Bonchev–Trinajstić information content (AvgIpc) is 2.67. The Bertz CT molecular complexity index is 678. The number of nitrogens with zero attached hydrogens (tertiary/aromatic N) is 2. The molecule has 0 aliphatic carbocycles. The molecule has 2 atom stereocenters. The second kappa shape index (κ2) is 7.88. The molecule has 0 amide bonds. The number of hydrogen-bond donors (Lipinski definition) is 1. The Kier molecular flexibility index (Phi) is 5.38. The van der Waals surface area contributed by atoms with Crippen LogP contribution in [0.4, 0.5) is 5.82 Å². The molecule has 1 fully saturated rings. The van der Waals surface area contributed by atoms with E-state index < -0.39 is 5.97 Å². The van der Waals surface area contributed by atoms with E-state index in [0.717, 1.165) is 19.4 Å². The second-order valence-electron chi connectivity index (χ2n) is 5.76. The van der Waals surface area contributed by atoms with Gasteiger partial charge >= 0.3 is 5.97 Å². The molecule has 2 unspecified atom stereocenters. The largest absolute Gasteiger partial charge is 0.465 e. The summed E-state index contributed by atoms with van der Waals surface area (Å²) in [7, 11) is 1.35. The molecular weight excluding hydrogens is 306 g/mol. The standard InChI is InChI=1S/C18H21N3O3/c1-23-18(22)15-11-19-12-21-17(15)20-10-14-8-5-9-24-16(14)13-6-3-2-4-7-13/h2-4,6-7,11-12,14,16H,5,8-10H2,1H3,(H,19,20,21). The molecular formula is C18H21N3O3. The molecule has 1 aromatic heterocycles. The van der Waals surface area contributed by atoms with Gasteiger partial charge in [0.1, 0.15) is 17.7 Å². The first-order valence-corrected chi connectivity index (χ1v) is 8.08. The molecule has 1 aromatic carbocycles. The van der Waals surface area contributed by atoms with E-state index in [-0.39, 0.29) is 6.10 Å². The molecule has 3 rings (SSSR count). The first kappa shape index (κ1) is 16.4. The van der Waals surface area contributed by atoms with Crippen LogP contribution in [0.2, 0.25) is 0 Å². The molecule has 0 spiro atoms. The second-order valence-corrected chi connectivity index (χ2v) is 5.76. The van der Waals surface area contributed by atoms with E-state index in [1.807, 2.05) is 18.2 Å². The van der Waals surface area contributed by atoms with Crippen LogP contribution >= 0.6 is 0 Å². The predicted molar refractivity (Wildman–Crippen MR) is 89.7 cm³/mol. The molecule has 0 radical (unpaired) electrons. The Morgan fingerprint density at radius 2 is 2.21 bits per heavy atom. The van der Waals surface area contributed by atoms with E-state index in [4.69, 9.17) is 9.47 Å². The monoisotopic (exact) mass is 327 g/mol. The Balaban J connectivity index is 1.72. The third-order valence-corrected chi connectivity index (χ3v) is 4.22. The number of nitrogens with one attached hydrogen (secondary N) is 1. The predicted octanol–water partition coefficient (Wildman–Crippen LogP) is 2.84. The van der Waals surface area contributed by atoms with Crippen molar-refractivity contribution in [1.29, 1.82) is 0 Å². The molecule has 126 valence electrons. The minimum Gasteiger partial charge on any atom is -0.465 e. The van der Waals surface area contributed by atoms with E-state index in [0.29, 0.717) is 23.8 Å². The number of carbonyl (C=O) groups is 1. The summed E-state index contributed by atoms with van der Waals surface area (Å²) in [5, 5.41) is 3.27. The third-order valence-electron chi connectivity index (χ3n) is 4.22. The zero-order valence-electron chi connectivity index (χ0n) is 13.6. The summed E-state index contributed by atoms with van der Waals surface area (Å²) < 4.78 is 10.8. The zero-order valence-corrected chi connectivity index (χ0v) is 13.6. The fraction of sp³-hybridized carbons (Fsp3) is 0.389. The molecule has 0 saturated carbocycles. The Hall–Kier alpha value is -2.47. The van der Waals surface area contributed by atoms with Gasteiger partial charge in [-0.05, 0) is 18.4 Å². The summed E-state index contributed by atoms with van der Waals surface area (Å²) in [5.41, 5.74) is 1.52. The van der Waals surface area contributed by atoms with Crippen molar-refractivity contribution in [3.05, 3.63) is 54.0 Å². The van der Waals surface area contributed by atoms with Gasteiger partial charge in [0.05, 0.1) is 13.2 Å². The maximum Gasteiger partial charge on any atom is 0.343 e. The van der Waals surface area contributed by atoms with Gasteiger partial charge in [0.15, 0.2) is 0 Å². The van der Waals surface area contributed by atoms with Crippen molar-refractivity contribution in [2.45, 2.75) is 18.9 Å². The van der Waals surface area contributed by atoms with E-state index in [2.05, 4.69) is 27.4 Å². The van der Waals surface area contributed by atoms with Gasteiger partial charge in [-0.1, -0.05) is 30.3 Å². The molecule has 6 nitrogen and oxygen atoms in total. The topological polar surface area (TPSA) is 73.3 Å². The van der Waals surface area contributed by atoms with Crippen molar-refractivity contribution in [2.24, 2.45) is 5.92 Å². The molecule has 1 saturated heterocycles. The molecule has 1 aliphatic heterocycles. The average molecular weight is 327 g/mol. The lowest BCUT2D eigenvalue weighted by molar-refractivity contribution is -0.0238. The normalized spacial score (nSPS) is 20.4. The van der Waals surface area contributed by atoms with Gasteiger partial charge in [0.25, 0.3) is 0 Å². The van der Waals surface area contributed by atoms with Crippen molar-refractivity contribution >= 4 is 11.8 Å². The van der Waals surface area contributed by atoms with Crippen LogP contribution < -0.4 is 5.32 Å². The maximum atomic E-state index is 11.8.